The van der Waals surface area contributed by atoms with Crippen LogP contribution in [0.2, 0.25) is 10.0 Å². The largest absolute Gasteiger partial charge is 0.493 e. The molecule has 2 rings (SSSR count). The van der Waals surface area contributed by atoms with E-state index in [-0.39, 0.29) is 12.5 Å². The summed E-state index contributed by atoms with van der Waals surface area (Å²) in [6.07, 6.45) is 2.63. The maximum Gasteiger partial charge on any atom is 0.257 e. The van der Waals surface area contributed by atoms with Crippen LogP contribution in [0, 0.1) is 0 Å². The average molecular weight is 396 g/mol. The van der Waals surface area contributed by atoms with Gasteiger partial charge < -0.3 is 14.8 Å². The van der Waals surface area contributed by atoms with Gasteiger partial charge in [-0.15, -0.1) is 0 Å². The van der Waals surface area contributed by atoms with Gasteiger partial charge in [0.05, 0.1) is 11.6 Å². The maximum atomic E-state index is 11.9. The van der Waals surface area contributed by atoms with Crippen LogP contribution in [0.25, 0.3) is 0 Å². The molecule has 140 valence electrons. The number of aryl methyl sites for hydroxylation is 1. The van der Waals surface area contributed by atoms with Crippen LogP contribution in [-0.4, -0.2) is 25.7 Å². The number of carbonyl (C=O) groups excluding carboxylic acids is 1. The van der Waals surface area contributed by atoms with Gasteiger partial charge in [-0.05, 0) is 49.1 Å². The first-order valence-corrected chi connectivity index (χ1v) is 9.41. The van der Waals surface area contributed by atoms with Gasteiger partial charge in [0.25, 0.3) is 5.91 Å². The van der Waals surface area contributed by atoms with Crippen molar-refractivity contribution in [1.82, 2.24) is 5.32 Å². The van der Waals surface area contributed by atoms with Crippen LogP contribution >= 0.6 is 23.2 Å². The molecule has 2 aromatic carbocycles. The zero-order chi connectivity index (χ0) is 18.8. The first kappa shape index (κ1) is 20.4. The summed E-state index contributed by atoms with van der Waals surface area (Å²) in [4.78, 5) is 11.9. The lowest BCUT2D eigenvalue weighted by Crippen LogP contribution is -2.30. The van der Waals surface area contributed by atoms with Crippen LogP contribution in [0.15, 0.2) is 42.5 Å². The second kappa shape index (κ2) is 10.9. The van der Waals surface area contributed by atoms with Crippen LogP contribution in [0.5, 0.6) is 11.5 Å². The van der Waals surface area contributed by atoms with Crippen molar-refractivity contribution in [3.05, 3.63) is 58.1 Å². The van der Waals surface area contributed by atoms with Crippen molar-refractivity contribution in [3.8, 4) is 11.5 Å². The fourth-order valence-corrected chi connectivity index (χ4v) is 2.82. The molecule has 1 amide bonds. The molecule has 26 heavy (non-hydrogen) atoms. The van der Waals surface area contributed by atoms with E-state index in [9.17, 15) is 4.79 Å². The summed E-state index contributed by atoms with van der Waals surface area (Å²) >= 11 is 11.8. The maximum absolute atomic E-state index is 11.9. The molecule has 0 saturated carbocycles. The third-order valence-corrected chi connectivity index (χ3v) is 4.16. The quantitative estimate of drug-likeness (QED) is 0.581. The first-order chi connectivity index (χ1) is 12.6. The highest BCUT2D eigenvalue weighted by molar-refractivity contribution is 6.35. The second-order valence-corrected chi connectivity index (χ2v) is 6.62. The Morgan fingerprint density at radius 3 is 2.65 bits per heavy atom. The Kier molecular flexibility index (Phi) is 8.59. The molecular formula is C20H23Cl2NO3. The standard InChI is InChI=1S/C20H23Cl2NO3/c1-2-12-25-18-8-4-3-6-15(18)7-5-11-23-20(24)14-26-19-10-9-16(21)13-17(19)22/h3-4,6,8-10,13H,2,5,7,11-12,14H2,1H3,(H,23,24). The Hall–Kier alpha value is -1.91. The minimum absolute atomic E-state index is 0.0858. The number of ether oxygens (including phenoxy) is 2. The lowest BCUT2D eigenvalue weighted by atomic mass is 10.1. The average Bonchev–Trinajstić information content (AvgIpc) is 2.63. The molecule has 0 radical (unpaired) electrons. The monoisotopic (exact) mass is 395 g/mol. The zero-order valence-electron chi connectivity index (χ0n) is 14.8. The number of amides is 1. The summed E-state index contributed by atoms with van der Waals surface area (Å²) in [6.45, 7) is 3.27. The fraction of sp³-hybridized carbons (Fsp3) is 0.350. The molecular weight excluding hydrogens is 373 g/mol. The van der Waals surface area contributed by atoms with Crippen molar-refractivity contribution >= 4 is 29.1 Å². The number of para-hydroxylation sites is 1. The molecule has 0 aliphatic heterocycles. The Morgan fingerprint density at radius 2 is 1.88 bits per heavy atom. The molecule has 0 bridgehead atoms. The van der Waals surface area contributed by atoms with Gasteiger partial charge in [0, 0.05) is 11.6 Å². The molecule has 0 aromatic heterocycles. The second-order valence-electron chi connectivity index (χ2n) is 5.77. The third-order valence-electron chi connectivity index (χ3n) is 3.63. The number of carbonyl (C=O) groups is 1. The zero-order valence-corrected chi connectivity index (χ0v) is 16.3. The molecule has 2 aromatic rings. The fourth-order valence-electron chi connectivity index (χ4n) is 2.36. The minimum atomic E-state index is -0.188. The molecule has 0 aliphatic carbocycles. The van der Waals surface area contributed by atoms with E-state index in [1.165, 1.54) is 0 Å². The normalized spacial score (nSPS) is 10.4. The highest BCUT2D eigenvalue weighted by Crippen LogP contribution is 2.27. The molecule has 1 N–H and O–H groups in total. The molecule has 6 heteroatoms. The van der Waals surface area contributed by atoms with E-state index in [1.807, 2.05) is 18.2 Å². The molecule has 0 atom stereocenters. The van der Waals surface area contributed by atoms with Gasteiger partial charge >= 0.3 is 0 Å². The smallest absolute Gasteiger partial charge is 0.257 e. The van der Waals surface area contributed by atoms with Gasteiger partial charge in [-0.2, -0.15) is 0 Å². The summed E-state index contributed by atoms with van der Waals surface area (Å²) in [6, 6.07) is 12.9. The van der Waals surface area contributed by atoms with E-state index in [4.69, 9.17) is 32.7 Å². The molecule has 0 saturated heterocycles. The molecule has 0 fully saturated rings. The SMILES string of the molecule is CCCOc1ccccc1CCCNC(=O)COc1ccc(Cl)cc1Cl. The van der Waals surface area contributed by atoms with Crippen molar-refractivity contribution < 1.29 is 14.3 Å². The Balaban J connectivity index is 1.70. The molecule has 0 spiro atoms. The third kappa shape index (κ3) is 6.77. The van der Waals surface area contributed by atoms with Crippen LogP contribution in [0.3, 0.4) is 0 Å². The van der Waals surface area contributed by atoms with E-state index < -0.39 is 0 Å². The van der Waals surface area contributed by atoms with E-state index in [2.05, 4.69) is 18.3 Å². The van der Waals surface area contributed by atoms with E-state index in [0.717, 1.165) is 30.6 Å². The van der Waals surface area contributed by atoms with Crippen molar-refractivity contribution in [2.24, 2.45) is 0 Å². The lowest BCUT2D eigenvalue weighted by molar-refractivity contribution is -0.123. The predicted octanol–water partition coefficient (Wildman–Crippen LogP) is 4.91. The highest BCUT2D eigenvalue weighted by Gasteiger charge is 2.07. The number of rotatable bonds is 10. The van der Waals surface area contributed by atoms with E-state index in [0.29, 0.717) is 28.9 Å². The Bertz CT molecular complexity index is 722. The van der Waals surface area contributed by atoms with E-state index >= 15 is 0 Å². The van der Waals surface area contributed by atoms with Gasteiger partial charge in [0.1, 0.15) is 11.5 Å². The first-order valence-electron chi connectivity index (χ1n) is 8.65. The predicted molar refractivity (Wildman–Crippen MR) is 106 cm³/mol. The van der Waals surface area contributed by atoms with Gasteiger partial charge in [-0.3, -0.25) is 4.79 Å². The number of nitrogens with one attached hydrogen (secondary N) is 1. The lowest BCUT2D eigenvalue weighted by Gasteiger charge is -2.11. The van der Waals surface area contributed by atoms with Crippen LogP contribution in [0.4, 0.5) is 0 Å². The topological polar surface area (TPSA) is 47.6 Å². The van der Waals surface area contributed by atoms with Gasteiger partial charge in [0.2, 0.25) is 0 Å². The molecule has 0 aliphatic rings. The van der Waals surface area contributed by atoms with Gasteiger partial charge in [-0.1, -0.05) is 48.3 Å². The van der Waals surface area contributed by atoms with Crippen molar-refractivity contribution in [1.29, 1.82) is 0 Å². The highest BCUT2D eigenvalue weighted by atomic mass is 35.5. The Morgan fingerprint density at radius 1 is 1.08 bits per heavy atom. The molecule has 0 unspecified atom stereocenters. The van der Waals surface area contributed by atoms with Crippen molar-refractivity contribution in [3.63, 3.8) is 0 Å². The van der Waals surface area contributed by atoms with Crippen LogP contribution in [-0.2, 0) is 11.2 Å². The van der Waals surface area contributed by atoms with E-state index in [1.54, 1.807) is 18.2 Å². The van der Waals surface area contributed by atoms with Gasteiger partial charge in [-0.25, -0.2) is 0 Å². The number of hydrogen-bond donors (Lipinski definition) is 1. The minimum Gasteiger partial charge on any atom is -0.493 e. The molecule has 4 nitrogen and oxygen atoms in total. The summed E-state index contributed by atoms with van der Waals surface area (Å²) in [5.74, 6) is 1.17. The number of benzene rings is 2. The summed E-state index contributed by atoms with van der Waals surface area (Å²) < 4.78 is 11.2. The van der Waals surface area contributed by atoms with Crippen LogP contribution in [0.1, 0.15) is 25.3 Å². The summed E-state index contributed by atoms with van der Waals surface area (Å²) in [5, 5.41) is 3.75. The van der Waals surface area contributed by atoms with Crippen molar-refractivity contribution in [2.45, 2.75) is 26.2 Å². The van der Waals surface area contributed by atoms with Gasteiger partial charge in [0.15, 0.2) is 6.61 Å². The summed E-state index contributed by atoms with van der Waals surface area (Å²) in [7, 11) is 0. The van der Waals surface area contributed by atoms with Crippen molar-refractivity contribution in [2.75, 3.05) is 19.8 Å². The van der Waals surface area contributed by atoms with Crippen LogP contribution < -0.4 is 14.8 Å². The summed E-state index contributed by atoms with van der Waals surface area (Å²) in [5.41, 5.74) is 1.15. The Labute approximate surface area is 164 Å². The number of halogens is 2. The number of hydrogen-bond acceptors (Lipinski definition) is 3. The molecule has 0 heterocycles.